The summed E-state index contributed by atoms with van der Waals surface area (Å²) < 4.78 is 0. The van der Waals surface area contributed by atoms with Gasteiger partial charge in [-0.2, -0.15) is 0 Å². The van der Waals surface area contributed by atoms with Gasteiger partial charge in [-0.1, -0.05) is 29.8 Å². The minimum atomic E-state index is 0.398. The molecule has 0 radical (unpaired) electrons. The number of hydrogen-bond acceptors (Lipinski definition) is 3. The van der Waals surface area contributed by atoms with Crippen LogP contribution in [0.4, 0.5) is 0 Å². The van der Waals surface area contributed by atoms with Gasteiger partial charge >= 0.3 is 0 Å². The predicted molar refractivity (Wildman–Crippen MR) is 90.7 cm³/mol. The fourth-order valence-corrected chi connectivity index (χ4v) is 3.37. The first-order valence-corrected chi connectivity index (χ1v) is 8.07. The zero-order valence-electron chi connectivity index (χ0n) is 14.3. The van der Waals surface area contributed by atoms with Gasteiger partial charge in [0.1, 0.15) is 0 Å². The molecule has 0 amide bonds. The van der Waals surface area contributed by atoms with Gasteiger partial charge in [0.15, 0.2) is 0 Å². The normalized spacial score (nSPS) is 18.8. The van der Waals surface area contributed by atoms with Crippen molar-refractivity contribution in [2.45, 2.75) is 37.8 Å². The van der Waals surface area contributed by atoms with E-state index >= 15 is 0 Å². The number of likely N-dealkylation sites (N-methyl/N-ethyl adjacent to an activating group) is 3. The fourth-order valence-electron chi connectivity index (χ4n) is 3.37. The number of aryl methyl sites for hydroxylation is 1. The number of benzene rings is 1. The van der Waals surface area contributed by atoms with Gasteiger partial charge in [0.25, 0.3) is 0 Å². The van der Waals surface area contributed by atoms with Crippen LogP contribution in [-0.2, 0) is 0 Å². The molecule has 0 spiro atoms. The third kappa shape index (κ3) is 3.85. The average molecular weight is 289 g/mol. The zero-order valence-corrected chi connectivity index (χ0v) is 14.3. The molecular formula is C18H31N3. The summed E-state index contributed by atoms with van der Waals surface area (Å²) in [5.41, 5.74) is 3.10. The molecule has 1 fully saturated rings. The summed E-state index contributed by atoms with van der Waals surface area (Å²) in [4.78, 5) is 4.91. The second-order valence-corrected chi connectivity index (χ2v) is 6.92. The highest BCUT2D eigenvalue weighted by atomic mass is 15.2. The molecule has 0 saturated heterocycles. The third-order valence-corrected chi connectivity index (χ3v) is 5.12. The smallest absolute Gasteiger partial charge is 0.0446 e. The molecule has 1 saturated carbocycles. The van der Waals surface area contributed by atoms with Crippen molar-refractivity contribution in [2.75, 3.05) is 41.3 Å². The number of rotatable bonds is 7. The highest BCUT2D eigenvalue weighted by Crippen LogP contribution is 2.36. The summed E-state index contributed by atoms with van der Waals surface area (Å²) >= 11 is 0. The first-order valence-electron chi connectivity index (χ1n) is 8.07. The molecule has 1 N–H and O–H groups in total. The van der Waals surface area contributed by atoms with E-state index in [2.05, 4.69) is 74.5 Å². The van der Waals surface area contributed by atoms with Crippen LogP contribution in [-0.4, -0.2) is 56.6 Å². The van der Waals surface area contributed by atoms with E-state index < -0.39 is 0 Å². The average Bonchev–Trinajstić information content (AvgIpc) is 2.41. The van der Waals surface area contributed by atoms with E-state index in [-0.39, 0.29) is 0 Å². The summed E-state index contributed by atoms with van der Waals surface area (Å²) in [6.45, 7) is 4.35. The van der Waals surface area contributed by atoms with Gasteiger partial charge < -0.3 is 15.1 Å². The van der Waals surface area contributed by atoms with Crippen LogP contribution in [0.5, 0.6) is 0 Å². The molecule has 1 aromatic carbocycles. The van der Waals surface area contributed by atoms with Crippen molar-refractivity contribution in [2.24, 2.45) is 0 Å². The molecule has 3 nitrogen and oxygen atoms in total. The van der Waals surface area contributed by atoms with Crippen LogP contribution in [0, 0.1) is 6.92 Å². The van der Waals surface area contributed by atoms with Gasteiger partial charge in [-0.25, -0.2) is 0 Å². The summed E-state index contributed by atoms with van der Waals surface area (Å²) in [7, 11) is 8.76. The molecule has 1 aromatic rings. The molecule has 1 unspecified atom stereocenters. The molecule has 0 bridgehead atoms. The fraction of sp³-hybridized carbons (Fsp3) is 0.667. The zero-order chi connectivity index (χ0) is 15.5. The molecule has 118 valence electrons. The van der Waals surface area contributed by atoms with Crippen LogP contribution in [0.2, 0.25) is 0 Å². The summed E-state index contributed by atoms with van der Waals surface area (Å²) in [6, 6.07) is 9.29. The molecule has 2 rings (SSSR count). The van der Waals surface area contributed by atoms with Crippen molar-refractivity contribution in [3.05, 3.63) is 35.4 Å². The Hall–Kier alpha value is -0.900. The molecular weight excluding hydrogens is 258 g/mol. The molecule has 3 heteroatoms. The maximum atomic E-state index is 3.46. The van der Waals surface area contributed by atoms with Crippen molar-refractivity contribution in [1.29, 1.82) is 0 Å². The Morgan fingerprint density at radius 2 is 1.76 bits per heavy atom. The molecule has 1 aliphatic rings. The lowest BCUT2D eigenvalue weighted by atomic mass is 9.75. The summed E-state index contributed by atoms with van der Waals surface area (Å²) in [5, 5.41) is 3.46. The largest absolute Gasteiger partial charge is 0.312 e. The van der Waals surface area contributed by atoms with Gasteiger partial charge in [-0.3, -0.25) is 0 Å². The van der Waals surface area contributed by atoms with E-state index in [0.29, 0.717) is 11.6 Å². The second kappa shape index (κ2) is 6.91. The van der Waals surface area contributed by atoms with Crippen LogP contribution in [0.25, 0.3) is 0 Å². The SMILES string of the molecule is CNC(CN(C)CC1(N(C)C)CCC1)c1ccc(C)cc1. The Kier molecular flexibility index (Phi) is 5.42. The Labute approximate surface area is 130 Å². The van der Waals surface area contributed by atoms with E-state index in [1.807, 2.05) is 0 Å². The first kappa shape index (κ1) is 16.5. The van der Waals surface area contributed by atoms with Gasteiger partial charge in [-0.15, -0.1) is 0 Å². The molecule has 1 atom stereocenters. The molecule has 0 aliphatic heterocycles. The maximum absolute atomic E-state index is 3.46. The standard InChI is InChI=1S/C18H31N3/c1-15-7-9-16(10-8-15)17(19-2)13-21(5)14-18(20(3)4)11-6-12-18/h7-10,17,19H,6,11-14H2,1-5H3. The quantitative estimate of drug-likeness (QED) is 0.832. The Balaban J connectivity index is 1.96. The molecule has 0 aromatic heterocycles. The lowest BCUT2D eigenvalue weighted by Gasteiger charge is -2.49. The lowest BCUT2D eigenvalue weighted by molar-refractivity contribution is 0.0257. The predicted octanol–water partition coefficient (Wildman–Crippen LogP) is 2.67. The van der Waals surface area contributed by atoms with E-state index in [0.717, 1.165) is 13.1 Å². The monoisotopic (exact) mass is 289 g/mol. The maximum Gasteiger partial charge on any atom is 0.0446 e. The number of hydrogen-bond donors (Lipinski definition) is 1. The van der Waals surface area contributed by atoms with Crippen molar-refractivity contribution < 1.29 is 0 Å². The van der Waals surface area contributed by atoms with Crippen LogP contribution >= 0.6 is 0 Å². The van der Waals surface area contributed by atoms with Gasteiger partial charge in [0.05, 0.1) is 0 Å². The van der Waals surface area contributed by atoms with Gasteiger partial charge in [0.2, 0.25) is 0 Å². The van der Waals surface area contributed by atoms with E-state index in [9.17, 15) is 0 Å². The molecule has 0 heterocycles. The minimum Gasteiger partial charge on any atom is -0.312 e. The number of nitrogens with zero attached hydrogens (tertiary/aromatic N) is 2. The summed E-state index contributed by atoms with van der Waals surface area (Å²) in [5.74, 6) is 0. The topological polar surface area (TPSA) is 18.5 Å². The van der Waals surface area contributed by atoms with Crippen molar-refractivity contribution >= 4 is 0 Å². The second-order valence-electron chi connectivity index (χ2n) is 6.92. The lowest BCUT2D eigenvalue weighted by Crippen LogP contribution is -2.57. The highest BCUT2D eigenvalue weighted by molar-refractivity contribution is 5.24. The third-order valence-electron chi connectivity index (χ3n) is 5.12. The van der Waals surface area contributed by atoms with E-state index in [1.165, 1.54) is 30.4 Å². The first-order chi connectivity index (χ1) is 9.97. The van der Waals surface area contributed by atoms with E-state index in [4.69, 9.17) is 0 Å². The van der Waals surface area contributed by atoms with Crippen molar-refractivity contribution in [3.63, 3.8) is 0 Å². The van der Waals surface area contributed by atoms with Crippen molar-refractivity contribution in [3.8, 4) is 0 Å². The minimum absolute atomic E-state index is 0.398. The Bertz CT molecular complexity index is 434. The molecule has 1 aliphatic carbocycles. The number of nitrogens with one attached hydrogen (secondary N) is 1. The van der Waals surface area contributed by atoms with E-state index in [1.54, 1.807) is 0 Å². The van der Waals surface area contributed by atoms with Crippen LogP contribution in [0.3, 0.4) is 0 Å². The van der Waals surface area contributed by atoms with Crippen molar-refractivity contribution in [1.82, 2.24) is 15.1 Å². The van der Waals surface area contributed by atoms with Gasteiger partial charge in [0, 0.05) is 24.7 Å². The van der Waals surface area contributed by atoms with Crippen LogP contribution in [0.1, 0.15) is 36.4 Å². The van der Waals surface area contributed by atoms with Crippen LogP contribution in [0.15, 0.2) is 24.3 Å². The Morgan fingerprint density at radius 1 is 1.14 bits per heavy atom. The summed E-state index contributed by atoms with van der Waals surface area (Å²) in [6.07, 6.45) is 4.04. The Morgan fingerprint density at radius 3 is 2.19 bits per heavy atom. The van der Waals surface area contributed by atoms with Crippen LogP contribution < -0.4 is 5.32 Å². The van der Waals surface area contributed by atoms with Gasteiger partial charge in [-0.05, 0) is 59.9 Å². The highest BCUT2D eigenvalue weighted by Gasteiger charge is 2.39. The molecule has 21 heavy (non-hydrogen) atoms.